The number of hydrogen-bond donors (Lipinski definition) is 2. The Hall–Kier alpha value is -1.39. The molecule has 0 heterocycles. The second-order valence-electron chi connectivity index (χ2n) is 3.71. The third kappa shape index (κ3) is 2.89. The highest BCUT2D eigenvalue weighted by Crippen LogP contribution is 2.32. The summed E-state index contributed by atoms with van der Waals surface area (Å²) in [5.74, 6) is 0.633. The fourth-order valence-corrected chi connectivity index (χ4v) is 2.22. The first kappa shape index (κ1) is 13.1. The first-order valence-corrected chi connectivity index (χ1v) is 6.43. The van der Waals surface area contributed by atoms with Crippen molar-refractivity contribution in [1.82, 2.24) is 0 Å². The maximum absolute atomic E-state index is 5.97. The summed E-state index contributed by atoms with van der Waals surface area (Å²) in [7, 11) is 1.59. The van der Waals surface area contributed by atoms with E-state index in [1.807, 2.05) is 30.3 Å². The summed E-state index contributed by atoms with van der Waals surface area (Å²) in [5.41, 5.74) is 8.22. The predicted molar refractivity (Wildman–Crippen MR) is 79.8 cm³/mol. The summed E-state index contributed by atoms with van der Waals surface area (Å²) in [6.45, 7) is 0. The van der Waals surface area contributed by atoms with Gasteiger partial charge in [0.1, 0.15) is 5.75 Å². The fraction of sp³-hybridized carbons (Fsp3) is 0.0769. The Labute approximate surface area is 119 Å². The highest BCUT2D eigenvalue weighted by atomic mass is 79.9. The molecule has 2 aromatic carbocycles. The van der Waals surface area contributed by atoms with Crippen LogP contribution < -0.4 is 15.8 Å². The molecule has 0 bridgehead atoms. The minimum Gasteiger partial charge on any atom is -0.495 e. The Morgan fingerprint density at radius 1 is 1.22 bits per heavy atom. The molecule has 0 aliphatic carbocycles. The van der Waals surface area contributed by atoms with Crippen LogP contribution >= 0.6 is 27.5 Å². The first-order chi connectivity index (χ1) is 8.60. The lowest BCUT2D eigenvalue weighted by molar-refractivity contribution is 0.415. The Morgan fingerprint density at radius 2 is 2.00 bits per heavy atom. The number of benzene rings is 2. The minimum atomic E-state index is 0.583. The molecule has 0 aromatic heterocycles. The van der Waals surface area contributed by atoms with Gasteiger partial charge in [0.25, 0.3) is 0 Å². The topological polar surface area (TPSA) is 47.3 Å². The summed E-state index contributed by atoms with van der Waals surface area (Å²) >= 11 is 9.43. The van der Waals surface area contributed by atoms with Crippen molar-refractivity contribution in [3.8, 4) is 5.75 Å². The number of methoxy groups -OCH3 is 1. The van der Waals surface area contributed by atoms with Gasteiger partial charge in [-0.15, -0.1) is 0 Å². The molecule has 0 unspecified atom stereocenters. The van der Waals surface area contributed by atoms with E-state index in [0.717, 1.165) is 15.8 Å². The van der Waals surface area contributed by atoms with Gasteiger partial charge in [-0.1, -0.05) is 11.6 Å². The quantitative estimate of drug-likeness (QED) is 0.819. The number of nitrogen functional groups attached to an aromatic ring is 1. The number of nitrogens with two attached hydrogens (primary N) is 1. The van der Waals surface area contributed by atoms with Crippen LogP contribution in [-0.4, -0.2) is 7.11 Å². The molecule has 0 spiro atoms. The van der Waals surface area contributed by atoms with Gasteiger partial charge < -0.3 is 15.8 Å². The lowest BCUT2D eigenvalue weighted by atomic mass is 10.2. The van der Waals surface area contributed by atoms with Gasteiger partial charge in [-0.3, -0.25) is 0 Å². The molecule has 2 aromatic rings. The molecule has 5 heteroatoms. The number of nitrogens with one attached hydrogen (secondary N) is 1. The van der Waals surface area contributed by atoms with Gasteiger partial charge in [0.15, 0.2) is 0 Å². The molecular formula is C13H12BrClN2O. The van der Waals surface area contributed by atoms with Crippen LogP contribution in [0.4, 0.5) is 17.1 Å². The minimum absolute atomic E-state index is 0.583. The molecule has 2 rings (SSSR count). The van der Waals surface area contributed by atoms with Crippen LogP contribution in [0.5, 0.6) is 5.75 Å². The summed E-state index contributed by atoms with van der Waals surface area (Å²) in [5, 5.41) is 3.84. The SMILES string of the molecule is COc1cc(Nc2ccc(N)cc2Br)ccc1Cl. The van der Waals surface area contributed by atoms with Gasteiger partial charge in [-0.05, 0) is 46.3 Å². The van der Waals surface area contributed by atoms with Gasteiger partial charge >= 0.3 is 0 Å². The molecule has 0 fully saturated rings. The Morgan fingerprint density at radius 3 is 2.67 bits per heavy atom. The molecule has 3 nitrogen and oxygen atoms in total. The third-order valence-corrected chi connectivity index (χ3v) is 3.39. The van der Waals surface area contributed by atoms with E-state index in [4.69, 9.17) is 22.1 Å². The van der Waals surface area contributed by atoms with Crippen molar-refractivity contribution in [2.45, 2.75) is 0 Å². The van der Waals surface area contributed by atoms with Crippen molar-refractivity contribution in [2.75, 3.05) is 18.2 Å². The van der Waals surface area contributed by atoms with Gasteiger partial charge in [0.2, 0.25) is 0 Å². The van der Waals surface area contributed by atoms with E-state index in [1.54, 1.807) is 13.2 Å². The fourth-order valence-electron chi connectivity index (χ4n) is 1.53. The van der Waals surface area contributed by atoms with Gasteiger partial charge in [0, 0.05) is 21.9 Å². The summed E-state index contributed by atoms with van der Waals surface area (Å²) in [6, 6.07) is 11.1. The maximum atomic E-state index is 5.97. The number of anilines is 3. The summed E-state index contributed by atoms with van der Waals surface area (Å²) in [4.78, 5) is 0. The molecule has 0 radical (unpaired) electrons. The number of hydrogen-bond acceptors (Lipinski definition) is 3. The standard InChI is InChI=1S/C13H12BrClN2O/c1-18-13-7-9(3-4-11(13)15)17-12-5-2-8(16)6-10(12)14/h2-7,17H,16H2,1H3. The van der Waals surface area contributed by atoms with Crippen molar-refractivity contribution >= 4 is 44.6 Å². The maximum Gasteiger partial charge on any atom is 0.139 e. The number of halogens is 2. The molecular weight excluding hydrogens is 316 g/mol. The Kier molecular flexibility index (Phi) is 3.99. The molecule has 0 aliphatic rings. The van der Waals surface area contributed by atoms with Crippen molar-refractivity contribution in [3.05, 3.63) is 45.9 Å². The Bertz CT molecular complexity index is 575. The van der Waals surface area contributed by atoms with Gasteiger partial charge in [-0.2, -0.15) is 0 Å². The zero-order valence-corrected chi connectivity index (χ0v) is 12.0. The summed E-state index contributed by atoms with van der Waals surface area (Å²) < 4.78 is 6.07. The molecule has 0 atom stereocenters. The highest BCUT2D eigenvalue weighted by Gasteiger charge is 2.04. The van der Waals surface area contributed by atoms with Crippen LogP contribution in [0.1, 0.15) is 0 Å². The van der Waals surface area contributed by atoms with Crippen LogP contribution in [0.25, 0.3) is 0 Å². The zero-order chi connectivity index (χ0) is 13.1. The molecule has 0 amide bonds. The lowest BCUT2D eigenvalue weighted by Crippen LogP contribution is -1.94. The van der Waals surface area contributed by atoms with Gasteiger partial charge in [0.05, 0.1) is 17.8 Å². The Balaban J connectivity index is 2.28. The van der Waals surface area contributed by atoms with Crippen molar-refractivity contribution in [1.29, 1.82) is 0 Å². The highest BCUT2D eigenvalue weighted by molar-refractivity contribution is 9.10. The van der Waals surface area contributed by atoms with Crippen molar-refractivity contribution < 1.29 is 4.74 Å². The number of rotatable bonds is 3. The first-order valence-electron chi connectivity index (χ1n) is 5.26. The van der Waals surface area contributed by atoms with E-state index in [1.165, 1.54) is 0 Å². The molecule has 18 heavy (non-hydrogen) atoms. The predicted octanol–water partition coefficient (Wildman–Crippen LogP) is 4.44. The monoisotopic (exact) mass is 326 g/mol. The smallest absolute Gasteiger partial charge is 0.139 e. The van der Waals surface area contributed by atoms with Crippen LogP contribution in [0.15, 0.2) is 40.9 Å². The van der Waals surface area contributed by atoms with Crippen molar-refractivity contribution in [3.63, 3.8) is 0 Å². The van der Waals surface area contributed by atoms with E-state index < -0.39 is 0 Å². The van der Waals surface area contributed by atoms with Crippen LogP contribution in [0.3, 0.4) is 0 Å². The lowest BCUT2D eigenvalue weighted by Gasteiger charge is -2.11. The average Bonchev–Trinajstić information content (AvgIpc) is 2.35. The van der Waals surface area contributed by atoms with Crippen molar-refractivity contribution in [2.24, 2.45) is 0 Å². The van der Waals surface area contributed by atoms with Crippen LogP contribution in [0.2, 0.25) is 5.02 Å². The molecule has 94 valence electrons. The van der Waals surface area contributed by atoms with E-state index >= 15 is 0 Å². The molecule has 0 saturated carbocycles. The second-order valence-corrected chi connectivity index (χ2v) is 4.98. The average molecular weight is 328 g/mol. The molecule has 0 aliphatic heterocycles. The molecule has 3 N–H and O–H groups in total. The van der Waals surface area contributed by atoms with E-state index in [-0.39, 0.29) is 0 Å². The van der Waals surface area contributed by atoms with Crippen LogP contribution in [-0.2, 0) is 0 Å². The number of ether oxygens (including phenoxy) is 1. The largest absolute Gasteiger partial charge is 0.495 e. The van der Waals surface area contributed by atoms with Crippen LogP contribution in [0, 0.1) is 0 Å². The second kappa shape index (κ2) is 5.50. The van der Waals surface area contributed by atoms with E-state index in [9.17, 15) is 0 Å². The van der Waals surface area contributed by atoms with E-state index in [0.29, 0.717) is 16.5 Å². The molecule has 0 saturated heterocycles. The third-order valence-electron chi connectivity index (χ3n) is 2.42. The zero-order valence-electron chi connectivity index (χ0n) is 9.71. The van der Waals surface area contributed by atoms with Gasteiger partial charge in [-0.25, -0.2) is 0 Å². The van der Waals surface area contributed by atoms with E-state index in [2.05, 4.69) is 21.2 Å². The summed E-state index contributed by atoms with van der Waals surface area (Å²) in [6.07, 6.45) is 0. The normalized spacial score (nSPS) is 10.2.